The van der Waals surface area contributed by atoms with Crippen LogP contribution in [0.3, 0.4) is 0 Å². The molecule has 0 spiro atoms. The Kier molecular flexibility index (Phi) is 4.94. The number of hydrogen-bond donors (Lipinski definition) is 4. The van der Waals surface area contributed by atoms with Gasteiger partial charge in [0.05, 0.1) is 23.3 Å². The molecule has 2 unspecified atom stereocenters. The maximum atomic E-state index is 13.7. The molecule has 0 bridgehead atoms. The minimum Gasteiger partial charge on any atom is -0.507 e. The predicted molar refractivity (Wildman–Crippen MR) is 114 cm³/mol. The molecule has 1 aromatic rings. The van der Waals surface area contributed by atoms with Gasteiger partial charge in [-0.1, -0.05) is 0 Å². The van der Waals surface area contributed by atoms with Crippen molar-refractivity contribution < 1.29 is 34.4 Å². The van der Waals surface area contributed by atoms with Crippen LogP contribution in [0, 0.1) is 6.92 Å². The maximum Gasteiger partial charge on any atom is 0.194 e. The fourth-order valence-corrected chi connectivity index (χ4v) is 5.56. The Labute approximate surface area is 183 Å². The number of phenols is 2. The zero-order chi connectivity index (χ0) is 22.8. The normalized spacial score (nSPS) is 28.6. The van der Waals surface area contributed by atoms with E-state index in [0.717, 1.165) is 0 Å². The Hall–Kier alpha value is -2.78. The van der Waals surface area contributed by atoms with Crippen LogP contribution in [-0.2, 0) is 15.0 Å². The first kappa shape index (κ1) is 21.5. The van der Waals surface area contributed by atoms with E-state index in [1.807, 2.05) is 0 Å². The molecular formula is C22H23NO7S. The average molecular weight is 445 g/mol. The molecule has 0 radical (unpaired) electrons. The Morgan fingerprint density at radius 3 is 2.48 bits per heavy atom. The zero-order valence-electron chi connectivity index (χ0n) is 17.5. The number of allylic oxidation sites excluding steroid dienone is 4. The lowest BCUT2D eigenvalue weighted by Gasteiger charge is -2.29. The van der Waals surface area contributed by atoms with E-state index in [9.17, 15) is 29.7 Å². The Bertz CT molecular complexity index is 1120. The third-order valence-electron chi connectivity index (χ3n) is 6.21. The fraction of sp³-hybridized carbons (Fsp3) is 0.409. The van der Waals surface area contributed by atoms with E-state index >= 15 is 0 Å². The number of aliphatic hydroxyl groups is 1. The zero-order valence-corrected chi connectivity index (χ0v) is 18.3. The lowest BCUT2D eigenvalue weighted by atomic mass is 9.70. The number of benzene rings is 1. The Balaban J connectivity index is 1.90. The van der Waals surface area contributed by atoms with Crippen LogP contribution in [0.1, 0.15) is 42.3 Å². The van der Waals surface area contributed by atoms with E-state index in [4.69, 9.17) is 4.74 Å². The molecule has 3 atom stereocenters. The summed E-state index contributed by atoms with van der Waals surface area (Å²) < 4.78 is 5.73. The van der Waals surface area contributed by atoms with Gasteiger partial charge < -0.3 is 25.4 Å². The molecule has 1 aliphatic carbocycles. The third-order valence-corrected chi connectivity index (χ3v) is 7.38. The van der Waals surface area contributed by atoms with Crippen molar-refractivity contribution in [2.24, 2.45) is 0 Å². The number of nitrogens with one attached hydrogen (secondary N) is 1. The Morgan fingerprint density at radius 1 is 1.23 bits per heavy atom. The molecule has 4 N–H and O–H groups in total. The van der Waals surface area contributed by atoms with Crippen molar-refractivity contribution in [2.75, 3.05) is 11.5 Å². The average Bonchev–Trinajstić information content (AvgIpc) is 3.21. The van der Waals surface area contributed by atoms with Gasteiger partial charge in [-0.3, -0.25) is 14.4 Å². The minimum absolute atomic E-state index is 0.00620. The summed E-state index contributed by atoms with van der Waals surface area (Å²) >= 11 is 1.57. The van der Waals surface area contributed by atoms with Crippen LogP contribution in [0.2, 0.25) is 0 Å². The van der Waals surface area contributed by atoms with Crippen molar-refractivity contribution in [3.05, 3.63) is 39.8 Å². The second-order valence-electron chi connectivity index (χ2n) is 8.24. The molecule has 2 heterocycles. The molecule has 164 valence electrons. The van der Waals surface area contributed by atoms with E-state index in [2.05, 4.69) is 5.32 Å². The van der Waals surface area contributed by atoms with Crippen molar-refractivity contribution in [3.63, 3.8) is 0 Å². The molecule has 3 aliphatic rings. The van der Waals surface area contributed by atoms with Crippen LogP contribution < -0.4 is 10.1 Å². The number of fused-ring (bicyclic) bond motifs is 3. The van der Waals surface area contributed by atoms with Crippen LogP contribution in [0.4, 0.5) is 0 Å². The standard InChI is InChI=1S/C22H23NO7S/c1-8-18(27)16(10(3)24)20-17(19(8)28)22(4)14(30-20)5-12(25)15(21(22)29)9(2)23-11-6-31-7-13(11)26/h5,11,13,23,26-28H,6-7H2,1-4H3/b15-9+/t11?,13?,22-/m1/s1. The number of phenolic OH excluding ortho intramolecular Hbond substituents is 2. The SMILES string of the molecule is CC(=O)c1c(O)c(C)c(O)c2c1OC1=CC(=O)/C(=C(/C)NC3CSCC3O)C(=O)[C@]12C. The number of ether oxygens (including phenoxy) is 1. The van der Waals surface area contributed by atoms with Gasteiger partial charge in [-0.2, -0.15) is 11.8 Å². The van der Waals surface area contributed by atoms with Gasteiger partial charge in [0, 0.05) is 28.8 Å². The molecule has 4 rings (SSSR count). The first-order chi connectivity index (χ1) is 14.5. The molecule has 8 nitrogen and oxygen atoms in total. The lowest BCUT2D eigenvalue weighted by Crippen LogP contribution is -2.43. The summed E-state index contributed by atoms with van der Waals surface area (Å²) in [6.45, 7) is 5.80. The van der Waals surface area contributed by atoms with Crippen LogP contribution in [0.25, 0.3) is 0 Å². The van der Waals surface area contributed by atoms with Crippen molar-refractivity contribution >= 4 is 29.1 Å². The number of carbonyl (C=O) groups is 3. The van der Waals surface area contributed by atoms with E-state index in [1.165, 1.54) is 26.8 Å². The van der Waals surface area contributed by atoms with E-state index in [0.29, 0.717) is 17.2 Å². The summed E-state index contributed by atoms with van der Waals surface area (Å²) in [7, 11) is 0. The fourth-order valence-electron chi connectivity index (χ4n) is 4.39. The first-order valence-electron chi connectivity index (χ1n) is 9.82. The van der Waals surface area contributed by atoms with Gasteiger partial charge in [0.15, 0.2) is 17.3 Å². The van der Waals surface area contributed by atoms with Crippen LogP contribution in [0.5, 0.6) is 17.2 Å². The van der Waals surface area contributed by atoms with E-state index in [1.54, 1.807) is 18.7 Å². The number of thioether (sulfide) groups is 1. The van der Waals surface area contributed by atoms with Gasteiger partial charge >= 0.3 is 0 Å². The molecule has 2 aliphatic heterocycles. The number of aromatic hydroxyl groups is 2. The summed E-state index contributed by atoms with van der Waals surface area (Å²) in [5, 5.41) is 34.4. The number of aliphatic hydroxyl groups excluding tert-OH is 1. The molecule has 1 saturated heterocycles. The predicted octanol–water partition coefficient (Wildman–Crippen LogP) is 1.63. The highest BCUT2D eigenvalue weighted by Crippen LogP contribution is 2.57. The van der Waals surface area contributed by atoms with Crippen LogP contribution in [0.15, 0.2) is 23.1 Å². The first-order valence-corrected chi connectivity index (χ1v) is 11.0. The van der Waals surface area contributed by atoms with Gasteiger partial charge in [0.2, 0.25) is 0 Å². The highest BCUT2D eigenvalue weighted by atomic mass is 32.2. The van der Waals surface area contributed by atoms with Gasteiger partial charge in [-0.15, -0.1) is 0 Å². The number of carbonyl (C=O) groups excluding carboxylic acids is 3. The topological polar surface area (TPSA) is 133 Å². The quantitative estimate of drug-likeness (QED) is 0.311. The van der Waals surface area contributed by atoms with Crippen molar-refractivity contribution in [3.8, 4) is 17.2 Å². The van der Waals surface area contributed by atoms with Crippen LogP contribution >= 0.6 is 11.8 Å². The molecule has 1 aromatic carbocycles. The lowest BCUT2D eigenvalue weighted by molar-refractivity contribution is -0.123. The van der Waals surface area contributed by atoms with E-state index in [-0.39, 0.29) is 45.6 Å². The number of ketones is 3. The monoisotopic (exact) mass is 445 g/mol. The smallest absolute Gasteiger partial charge is 0.194 e. The molecule has 0 aromatic heterocycles. The van der Waals surface area contributed by atoms with E-state index < -0.39 is 34.6 Å². The van der Waals surface area contributed by atoms with Gasteiger partial charge in [0.25, 0.3) is 0 Å². The summed E-state index contributed by atoms with van der Waals surface area (Å²) in [4.78, 5) is 38.7. The van der Waals surface area contributed by atoms with Gasteiger partial charge in [0.1, 0.15) is 34.0 Å². The second-order valence-corrected chi connectivity index (χ2v) is 9.32. The number of rotatable bonds is 3. The van der Waals surface area contributed by atoms with Crippen molar-refractivity contribution in [2.45, 2.75) is 45.3 Å². The third kappa shape index (κ3) is 2.90. The number of hydrogen-bond acceptors (Lipinski definition) is 9. The summed E-state index contributed by atoms with van der Waals surface area (Å²) in [5.41, 5.74) is -1.36. The minimum atomic E-state index is -1.54. The maximum absolute atomic E-state index is 13.7. The van der Waals surface area contributed by atoms with Gasteiger partial charge in [-0.25, -0.2) is 0 Å². The highest BCUT2D eigenvalue weighted by molar-refractivity contribution is 7.99. The molecule has 1 fully saturated rings. The van der Waals surface area contributed by atoms with Crippen molar-refractivity contribution in [1.82, 2.24) is 5.32 Å². The molecule has 9 heteroatoms. The highest BCUT2D eigenvalue weighted by Gasteiger charge is 2.56. The number of Topliss-reactive ketones (excluding diaryl/α,β-unsaturated/α-hetero) is 2. The largest absolute Gasteiger partial charge is 0.507 e. The molecule has 31 heavy (non-hydrogen) atoms. The summed E-state index contributed by atoms with van der Waals surface area (Å²) in [6.07, 6.45) is 0.580. The molecular weight excluding hydrogens is 422 g/mol. The second kappa shape index (κ2) is 7.13. The Morgan fingerprint density at radius 2 is 1.90 bits per heavy atom. The van der Waals surface area contributed by atoms with Gasteiger partial charge in [-0.05, 0) is 27.7 Å². The summed E-state index contributed by atoms with van der Waals surface area (Å²) in [5.74, 6) is -1.36. The molecule has 0 saturated carbocycles. The van der Waals surface area contributed by atoms with Crippen molar-refractivity contribution in [1.29, 1.82) is 0 Å². The molecule has 0 amide bonds. The summed E-state index contributed by atoms with van der Waals surface area (Å²) in [6, 6.07) is -0.291. The van der Waals surface area contributed by atoms with Crippen LogP contribution in [-0.4, -0.2) is 56.3 Å².